The van der Waals surface area contributed by atoms with Crippen molar-refractivity contribution in [3.8, 4) is 0 Å². The molecular weight excluding hydrogens is 240 g/mol. The van der Waals surface area contributed by atoms with E-state index in [9.17, 15) is 4.79 Å². The first-order chi connectivity index (χ1) is 8.15. The maximum atomic E-state index is 10.6. The van der Waals surface area contributed by atoms with Gasteiger partial charge in [0.25, 0.3) is 0 Å². The van der Waals surface area contributed by atoms with Gasteiger partial charge in [0.2, 0.25) is 0 Å². The number of anilines is 1. The minimum Gasteiger partial charge on any atom is -0.481 e. The van der Waals surface area contributed by atoms with Gasteiger partial charge in [-0.05, 0) is 18.6 Å². The second kappa shape index (κ2) is 7.12. The molecule has 0 aromatic carbocycles. The highest BCUT2D eigenvalue weighted by molar-refractivity contribution is 6.32. The number of carboxylic acids is 1. The molecule has 94 valence electrons. The van der Waals surface area contributed by atoms with Gasteiger partial charge in [-0.3, -0.25) is 4.79 Å². The summed E-state index contributed by atoms with van der Waals surface area (Å²) >= 11 is 6.01. The Kier molecular flexibility index (Phi) is 5.77. The summed E-state index contributed by atoms with van der Waals surface area (Å²) in [5.74, 6) is -0.800. The average molecular weight is 257 g/mol. The fourth-order valence-electron chi connectivity index (χ4n) is 1.55. The molecule has 0 atom stereocenters. The van der Waals surface area contributed by atoms with E-state index in [1.165, 1.54) is 0 Å². The second-order valence-corrected chi connectivity index (χ2v) is 4.16. The normalized spacial score (nSPS) is 10.2. The third-order valence-electron chi connectivity index (χ3n) is 2.46. The first kappa shape index (κ1) is 13.8. The number of hydrogen-bond acceptors (Lipinski definition) is 3. The Balaban J connectivity index is 2.74. The fourth-order valence-corrected chi connectivity index (χ4v) is 1.78. The molecule has 1 heterocycles. The van der Waals surface area contributed by atoms with Gasteiger partial charge in [0.05, 0.1) is 12.1 Å². The Bertz CT molecular complexity index is 371. The molecule has 1 N–H and O–H groups in total. The maximum absolute atomic E-state index is 10.6. The van der Waals surface area contributed by atoms with Crippen molar-refractivity contribution < 1.29 is 9.90 Å². The lowest BCUT2D eigenvalue weighted by Crippen LogP contribution is -2.27. The Morgan fingerprint density at radius 2 is 2.29 bits per heavy atom. The van der Waals surface area contributed by atoms with Crippen LogP contribution in [0.5, 0.6) is 0 Å². The van der Waals surface area contributed by atoms with Crippen molar-refractivity contribution in [2.45, 2.75) is 26.2 Å². The monoisotopic (exact) mass is 256 g/mol. The lowest BCUT2D eigenvalue weighted by Gasteiger charge is -2.24. The maximum Gasteiger partial charge on any atom is 0.305 e. The third-order valence-corrected chi connectivity index (χ3v) is 2.75. The minimum absolute atomic E-state index is 0.106. The fraction of sp³-hybridized carbons (Fsp3) is 0.500. The van der Waals surface area contributed by atoms with E-state index < -0.39 is 5.97 Å². The summed E-state index contributed by atoms with van der Waals surface area (Å²) in [6.07, 6.45) is 3.79. The molecule has 0 aliphatic carbocycles. The topological polar surface area (TPSA) is 53.4 Å². The summed E-state index contributed by atoms with van der Waals surface area (Å²) in [4.78, 5) is 16.6. The highest BCUT2D eigenvalue weighted by atomic mass is 35.5. The van der Waals surface area contributed by atoms with Gasteiger partial charge in [-0.1, -0.05) is 24.9 Å². The van der Waals surface area contributed by atoms with E-state index in [4.69, 9.17) is 16.7 Å². The number of nitrogens with zero attached hydrogens (tertiary/aromatic N) is 2. The van der Waals surface area contributed by atoms with E-state index in [1.54, 1.807) is 12.3 Å². The zero-order valence-corrected chi connectivity index (χ0v) is 10.7. The summed E-state index contributed by atoms with van der Waals surface area (Å²) in [5.41, 5.74) is 0.809. The van der Waals surface area contributed by atoms with Crippen molar-refractivity contribution in [3.05, 3.63) is 23.5 Å². The molecule has 0 saturated carbocycles. The second-order valence-electron chi connectivity index (χ2n) is 3.80. The van der Waals surface area contributed by atoms with Gasteiger partial charge in [0.15, 0.2) is 5.15 Å². The van der Waals surface area contributed by atoms with Gasteiger partial charge in [-0.15, -0.1) is 0 Å². The van der Waals surface area contributed by atoms with Crippen LogP contribution in [-0.4, -0.2) is 29.1 Å². The summed E-state index contributed by atoms with van der Waals surface area (Å²) in [7, 11) is 0. The van der Waals surface area contributed by atoms with Crippen LogP contribution in [0.25, 0.3) is 0 Å². The highest BCUT2D eigenvalue weighted by Gasteiger charge is 2.11. The molecule has 1 rings (SSSR count). The molecule has 1 aromatic rings. The Morgan fingerprint density at radius 3 is 2.88 bits per heavy atom. The number of halogens is 1. The van der Waals surface area contributed by atoms with Crippen molar-refractivity contribution in [2.75, 3.05) is 18.0 Å². The van der Waals surface area contributed by atoms with Crippen molar-refractivity contribution >= 4 is 23.3 Å². The Labute approximate surface area is 106 Å². The van der Waals surface area contributed by atoms with Gasteiger partial charge in [0, 0.05) is 19.3 Å². The quantitative estimate of drug-likeness (QED) is 0.763. The number of unbranched alkanes of at least 4 members (excludes halogenated alkanes) is 1. The van der Waals surface area contributed by atoms with Crippen LogP contribution in [0.3, 0.4) is 0 Å². The Morgan fingerprint density at radius 1 is 1.53 bits per heavy atom. The predicted molar refractivity (Wildman–Crippen MR) is 68.6 cm³/mol. The van der Waals surface area contributed by atoms with E-state index in [-0.39, 0.29) is 6.42 Å². The lowest BCUT2D eigenvalue weighted by molar-refractivity contribution is -0.136. The van der Waals surface area contributed by atoms with Crippen molar-refractivity contribution in [1.82, 2.24) is 4.98 Å². The number of hydrogen-bond donors (Lipinski definition) is 1. The summed E-state index contributed by atoms with van der Waals surface area (Å²) in [6.45, 7) is 3.36. The van der Waals surface area contributed by atoms with Crippen LogP contribution < -0.4 is 4.90 Å². The summed E-state index contributed by atoms with van der Waals surface area (Å²) in [5, 5.41) is 9.15. The first-order valence-corrected chi connectivity index (χ1v) is 6.10. The van der Waals surface area contributed by atoms with Crippen molar-refractivity contribution in [1.29, 1.82) is 0 Å². The van der Waals surface area contributed by atoms with E-state index >= 15 is 0 Å². The van der Waals surface area contributed by atoms with E-state index in [2.05, 4.69) is 11.9 Å². The number of aliphatic carboxylic acids is 1. The van der Waals surface area contributed by atoms with Crippen LogP contribution >= 0.6 is 11.6 Å². The molecule has 4 nitrogen and oxygen atoms in total. The highest BCUT2D eigenvalue weighted by Crippen LogP contribution is 2.23. The number of carbonyl (C=O) groups is 1. The SMILES string of the molecule is CCCCN(CCC(=O)O)c1cccnc1Cl. The molecule has 1 aromatic heterocycles. The lowest BCUT2D eigenvalue weighted by atomic mass is 10.2. The van der Waals surface area contributed by atoms with Gasteiger partial charge < -0.3 is 10.0 Å². The molecule has 17 heavy (non-hydrogen) atoms. The van der Waals surface area contributed by atoms with Crippen LogP contribution in [0, 0.1) is 0 Å². The van der Waals surface area contributed by atoms with E-state index in [1.807, 2.05) is 11.0 Å². The van der Waals surface area contributed by atoms with Gasteiger partial charge in [-0.25, -0.2) is 4.98 Å². The molecule has 5 heteroatoms. The average Bonchev–Trinajstić information content (AvgIpc) is 2.30. The van der Waals surface area contributed by atoms with Gasteiger partial charge in [0.1, 0.15) is 0 Å². The summed E-state index contributed by atoms with van der Waals surface area (Å²) in [6, 6.07) is 3.67. The first-order valence-electron chi connectivity index (χ1n) is 5.72. The van der Waals surface area contributed by atoms with E-state index in [0.29, 0.717) is 11.7 Å². The van der Waals surface area contributed by atoms with Crippen LogP contribution in [0.2, 0.25) is 5.15 Å². The number of carboxylic acid groups (broad SMARTS) is 1. The molecule has 0 fully saturated rings. The minimum atomic E-state index is -0.800. The molecule has 0 radical (unpaired) electrons. The standard InChI is InChI=1S/C12H17ClN2O2/c1-2-3-8-15(9-6-11(16)17)10-5-4-7-14-12(10)13/h4-5,7H,2-3,6,8-9H2,1H3,(H,16,17). The van der Waals surface area contributed by atoms with Crippen LogP contribution in [-0.2, 0) is 4.79 Å². The van der Waals surface area contributed by atoms with Gasteiger partial charge >= 0.3 is 5.97 Å². The van der Waals surface area contributed by atoms with Crippen LogP contribution in [0.4, 0.5) is 5.69 Å². The Hall–Kier alpha value is -1.29. The summed E-state index contributed by atoms with van der Waals surface area (Å²) < 4.78 is 0. The van der Waals surface area contributed by atoms with Crippen LogP contribution in [0.1, 0.15) is 26.2 Å². The molecule has 0 aliphatic heterocycles. The third kappa shape index (κ3) is 4.61. The van der Waals surface area contributed by atoms with Crippen LogP contribution in [0.15, 0.2) is 18.3 Å². The number of rotatable bonds is 7. The zero-order valence-electron chi connectivity index (χ0n) is 9.90. The number of pyridine rings is 1. The smallest absolute Gasteiger partial charge is 0.305 e. The van der Waals surface area contributed by atoms with Gasteiger partial charge in [-0.2, -0.15) is 0 Å². The molecule has 0 unspecified atom stereocenters. The largest absolute Gasteiger partial charge is 0.481 e. The van der Waals surface area contributed by atoms with Crippen molar-refractivity contribution in [2.24, 2.45) is 0 Å². The van der Waals surface area contributed by atoms with Crippen molar-refractivity contribution in [3.63, 3.8) is 0 Å². The predicted octanol–water partition coefficient (Wildman–Crippen LogP) is 2.82. The molecule has 0 amide bonds. The zero-order chi connectivity index (χ0) is 12.7. The molecule has 0 saturated heterocycles. The molecular formula is C12H17ClN2O2. The number of aromatic nitrogens is 1. The van der Waals surface area contributed by atoms with E-state index in [0.717, 1.165) is 25.1 Å². The molecule has 0 aliphatic rings. The molecule has 0 spiro atoms. The molecule has 0 bridgehead atoms.